The van der Waals surface area contributed by atoms with Gasteiger partial charge in [0.1, 0.15) is 14.8 Å². The molecule has 0 saturated heterocycles. The summed E-state index contributed by atoms with van der Waals surface area (Å²) in [4.78, 5) is 20.3. The molecule has 2 aromatic rings. The number of hydrogen-bond donors (Lipinski definition) is 3. The first-order chi connectivity index (χ1) is 13.2. The minimum absolute atomic E-state index is 0.0472. The zero-order valence-electron chi connectivity index (χ0n) is 17.2. The third-order valence-electron chi connectivity index (χ3n) is 4.04. The molecular formula is C18H26FN5O3S2. The Morgan fingerprint density at radius 3 is 2.38 bits per heavy atom. The Kier molecular flexibility index (Phi) is 6.78. The van der Waals surface area contributed by atoms with Crippen molar-refractivity contribution in [2.24, 2.45) is 9.50 Å². The number of hydrogen-bond acceptors (Lipinski definition) is 6. The van der Waals surface area contributed by atoms with E-state index in [9.17, 15) is 18.5 Å². The highest BCUT2D eigenvalue weighted by Gasteiger charge is 2.25. The van der Waals surface area contributed by atoms with E-state index in [1.807, 2.05) is 13.8 Å². The number of urea groups is 1. The van der Waals surface area contributed by atoms with Crippen molar-refractivity contribution in [2.45, 2.75) is 63.2 Å². The largest absolute Gasteiger partial charge is 0.383 e. The molecule has 2 rings (SSSR count). The van der Waals surface area contributed by atoms with Crippen LogP contribution < -0.4 is 10.5 Å². The van der Waals surface area contributed by atoms with Crippen molar-refractivity contribution < 1.29 is 18.5 Å². The number of carbonyl (C=O) groups is 1. The lowest BCUT2D eigenvalue weighted by atomic mass is 9.95. The fourth-order valence-corrected chi connectivity index (χ4v) is 4.66. The van der Waals surface area contributed by atoms with E-state index in [0.717, 1.165) is 11.3 Å². The van der Waals surface area contributed by atoms with Crippen LogP contribution in [-0.2, 0) is 15.5 Å². The number of aliphatic hydroxyl groups is 1. The number of pyridine rings is 1. The van der Waals surface area contributed by atoms with Gasteiger partial charge in [-0.05, 0) is 31.2 Å². The fraction of sp³-hybridized carbons (Fsp3) is 0.500. The number of thiazole rings is 1. The van der Waals surface area contributed by atoms with Crippen molar-refractivity contribution in [1.82, 2.24) is 9.97 Å². The summed E-state index contributed by atoms with van der Waals surface area (Å²) in [5, 5.41) is 18.6. The topological polar surface area (TPSA) is 131 Å². The molecule has 2 heterocycles. The molecular weight excluding hydrogens is 417 g/mol. The molecule has 0 radical (unpaired) electrons. The predicted molar refractivity (Wildman–Crippen MR) is 112 cm³/mol. The van der Waals surface area contributed by atoms with Gasteiger partial charge in [-0.15, -0.1) is 15.7 Å². The number of nitrogens with one attached hydrogen (secondary N) is 1. The lowest BCUT2D eigenvalue weighted by Crippen LogP contribution is -2.19. The molecule has 0 saturated carbocycles. The number of carbonyl (C=O) groups excluding carboxylic acids is 1. The molecule has 2 aromatic heterocycles. The molecule has 0 aromatic carbocycles. The van der Waals surface area contributed by atoms with E-state index in [0.29, 0.717) is 10.6 Å². The molecule has 0 aliphatic rings. The van der Waals surface area contributed by atoms with Gasteiger partial charge in [-0.2, -0.15) is 4.39 Å². The quantitative estimate of drug-likeness (QED) is 0.599. The number of rotatable bonds is 5. The van der Waals surface area contributed by atoms with Gasteiger partial charge < -0.3 is 10.4 Å². The normalized spacial score (nSPS) is 14.2. The summed E-state index contributed by atoms with van der Waals surface area (Å²) in [6.45, 7) is 10.4. The average Bonchev–Trinajstić information content (AvgIpc) is 3.04. The number of aromatic nitrogens is 2. The first kappa shape index (κ1) is 23.3. The first-order valence-electron chi connectivity index (χ1n) is 8.97. The van der Waals surface area contributed by atoms with Crippen LogP contribution in [0.1, 0.15) is 69.5 Å². The molecule has 1 atom stereocenters. The zero-order valence-corrected chi connectivity index (χ0v) is 18.8. The Hall–Kier alpha value is -1.95. The number of halogens is 1. The number of nitrogens with zero attached hydrogens (tertiary/aromatic N) is 3. The molecule has 0 spiro atoms. The van der Waals surface area contributed by atoms with Crippen LogP contribution >= 0.6 is 11.3 Å². The summed E-state index contributed by atoms with van der Waals surface area (Å²) < 4.78 is 30.7. The molecule has 0 bridgehead atoms. The van der Waals surface area contributed by atoms with E-state index in [1.165, 1.54) is 26.2 Å². The Bertz CT molecular complexity index is 1030. The standard InChI is InChI=1S/C18H26FN5O3S2/c1-9(2)11-7-21-15(19)13(10(3)4)14(11)23-17(25)24-29(20,27)12-8-22-16(28-12)18(5,6)26/h7-10,26H,1-6H3,(H3,20,21,23,24,25,27)/t29-/m0/s1. The van der Waals surface area contributed by atoms with Crippen LogP contribution in [0, 0.1) is 5.95 Å². The van der Waals surface area contributed by atoms with Gasteiger partial charge in [0.15, 0.2) is 9.92 Å². The molecule has 8 nitrogen and oxygen atoms in total. The van der Waals surface area contributed by atoms with Gasteiger partial charge in [-0.1, -0.05) is 27.7 Å². The second-order valence-electron chi connectivity index (χ2n) is 7.74. The molecule has 0 unspecified atom stereocenters. The van der Waals surface area contributed by atoms with Crippen molar-refractivity contribution >= 4 is 33.0 Å². The van der Waals surface area contributed by atoms with Crippen LogP contribution in [0.15, 0.2) is 21.0 Å². The summed E-state index contributed by atoms with van der Waals surface area (Å²) in [5.74, 6) is -0.992. The Morgan fingerprint density at radius 1 is 1.28 bits per heavy atom. The van der Waals surface area contributed by atoms with Gasteiger partial charge in [0.2, 0.25) is 5.95 Å². The van der Waals surface area contributed by atoms with Crippen molar-refractivity contribution in [2.75, 3.05) is 5.32 Å². The lowest BCUT2D eigenvalue weighted by molar-refractivity contribution is 0.0783. The van der Waals surface area contributed by atoms with Gasteiger partial charge in [0, 0.05) is 11.8 Å². The van der Waals surface area contributed by atoms with E-state index in [2.05, 4.69) is 19.6 Å². The monoisotopic (exact) mass is 443 g/mol. The van der Waals surface area contributed by atoms with Crippen molar-refractivity contribution in [3.05, 3.63) is 34.5 Å². The molecule has 0 aliphatic heterocycles. The molecule has 4 N–H and O–H groups in total. The van der Waals surface area contributed by atoms with Gasteiger partial charge in [0.25, 0.3) is 0 Å². The SMILES string of the molecule is CC(C)c1cnc(F)c(C(C)C)c1NC(=O)N=[S@](N)(=O)c1cnc(C(C)(C)O)s1. The maximum atomic E-state index is 14.3. The van der Waals surface area contributed by atoms with Crippen LogP contribution in [0.5, 0.6) is 0 Å². The Balaban J connectivity index is 2.46. The van der Waals surface area contributed by atoms with Crippen LogP contribution in [0.2, 0.25) is 0 Å². The number of anilines is 1. The van der Waals surface area contributed by atoms with Crippen molar-refractivity contribution in [1.29, 1.82) is 0 Å². The first-order valence-corrected chi connectivity index (χ1v) is 11.4. The van der Waals surface area contributed by atoms with E-state index in [1.54, 1.807) is 13.8 Å². The third-order valence-corrected chi connectivity index (χ3v) is 7.23. The minimum Gasteiger partial charge on any atom is -0.383 e. The van der Waals surface area contributed by atoms with E-state index in [4.69, 9.17) is 5.14 Å². The third kappa shape index (κ3) is 5.35. The van der Waals surface area contributed by atoms with Crippen molar-refractivity contribution in [3.8, 4) is 0 Å². The van der Waals surface area contributed by atoms with Crippen molar-refractivity contribution in [3.63, 3.8) is 0 Å². The molecule has 29 heavy (non-hydrogen) atoms. The summed E-state index contributed by atoms with van der Waals surface area (Å²) in [6, 6.07) is -0.967. The van der Waals surface area contributed by atoms with Gasteiger partial charge in [0.05, 0.1) is 11.9 Å². The highest BCUT2D eigenvalue weighted by atomic mass is 32.2. The smallest absolute Gasteiger partial charge is 0.354 e. The van der Waals surface area contributed by atoms with E-state index in [-0.39, 0.29) is 27.3 Å². The highest BCUT2D eigenvalue weighted by Crippen LogP contribution is 2.33. The number of amides is 2. The maximum absolute atomic E-state index is 14.3. The highest BCUT2D eigenvalue weighted by molar-refractivity contribution is 7.93. The summed E-state index contributed by atoms with van der Waals surface area (Å²) in [5.41, 5.74) is -0.115. The predicted octanol–water partition coefficient (Wildman–Crippen LogP) is 4.08. The zero-order chi connectivity index (χ0) is 22.1. The van der Waals surface area contributed by atoms with Crippen LogP contribution in [0.3, 0.4) is 0 Å². The molecule has 0 fully saturated rings. The Labute approximate surface area is 174 Å². The Morgan fingerprint density at radius 2 is 1.90 bits per heavy atom. The van der Waals surface area contributed by atoms with Gasteiger partial charge in [-0.3, -0.25) is 0 Å². The second-order valence-corrected chi connectivity index (χ2v) is 10.8. The van der Waals surface area contributed by atoms with E-state index >= 15 is 0 Å². The molecule has 2 amide bonds. The fourth-order valence-electron chi connectivity index (χ4n) is 2.60. The molecule has 0 aliphatic carbocycles. The molecule has 11 heteroatoms. The van der Waals surface area contributed by atoms with E-state index < -0.39 is 27.5 Å². The summed E-state index contributed by atoms with van der Waals surface area (Å²) in [6.07, 6.45) is 2.59. The van der Waals surface area contributed by atoms with Crippen LogP contribution in [0.4, 0.5) is 14.9 Å². The van der Waals surface area contributed by atoms with Gasteiger partial charge >= 0.3 is 6.03 Å². The van der Waals surface area contributed by atoms with Gasteiger partial charge in [-0.25, -0.2) is 24.1 Å². The number of nitrogens with two attached hydrogens (primary N) is 1. The average molecular weight is 444 g/mol. The van der Waals surface area contributed by atoms with Crippen LogP contribution in [0.25, 0.3) is 0 Å². The molecule has 160 valence electrons. The lowest BCUT2D eigenvalue weighted by Gasteiger charge is -2.19. The van der Waals surface area contributed by atoms with Crippen LogP contribution in [-0.4, -0.2) is 25.3 Å². The summed E-state index contributed by atoms with van der Waals surface area (Å²) in [7, 11) is -3.60. The second kappa shape index (κ2) is 8.42. The summed E-state index contributed by atoms with van der Waals surface area (Å²) >= 11 is 0.908. The maximum Gasteiger partial charge on any atom is 0.354 e. The minimum atomic E-state index is -3.60.